The summed E-state index contributed by atoms with van der Waals surface area (Å²) in [5.41, 5.74) is 5.93. The topological polar surface area (TPSA) is 53.1 Å². The van der Waals surface area contributed by atoms with Crippen LogP contribution in [0.15, 0.2) is 24.3 Å². The van der Waals surface area contributed by atoms with E-state index in [1.54, 1.807) is 12.1 Å². The van der Waals surface area contributed by atoms with Crippen LogP contribution in [-0.2, 0) is 6.54 Å². The standard InChI is InChI=1S/C14H22FN3/c1-14(2,13(16)17)8-9-18(3)10-11-6-4-5-7-12(11)15/h4-7H,8-10H2,1-3H3,(H3,16,17). The normalized spacial score (nSPS) is 11.8. The zero-order chi connectivity index (χ0) is 13.8. The third kappa shape index (κ3) is 4.11. The van der Waals surface area contributed by atoms with Gasteiger partial charge in [-0.05, 0) is 26.1 Å². The predicted molar refractivity (Wildman–Crippen MR) is 73.0 cm³/mol. The molecule has 100 valence electrons. The predicted octanol–water partition coefficient (Wildman–Crippen LogP) is 2.61. The Hall–Kier alpha value is -1.42. The van der Waals surface area contributed by atoms with Crippen LogP contribution in [0.1, 0.15) is 25.8 Å². The number of hydrogen-bond donors (Lipinski definition) is 2. The van der Waals surface area contributed by atoms with Gasteiger partial charge in [0.1, 0.15) is 5.82 Å². The van der Waals surface area contributed by atoms with Crippen molar-refractivity contribution in [2.24, 2.45) is 11.1 Å². The van der Waals surface area contributed by atoms with Crippen LogP contribution < -0.4 is 5.73 Å². The first-order valence-electron chi connectivity index (χ1n) is 6.09. The molecule has 4 heteroatoms. The van der Waals surface area contributed by atoms with E-state index in [0.717, 1.165) is 13.0 Å². The summed E-state index contributed by atoms with van der Waals surface area (Å²) in [6.07, 6.45) is 0.785. The Morgan fingerprint density at radius 1 is 1.39 bits per heavy atom. The molecule has 0 spiro atoms. The molecule has 0 radical (unpaired) electrons. The van der Waals surface area contributed by atoms with Crippen LogP contribution in [0.5, 0.6) is 0 Å². The van der Waals surface area contributed by atoms with Gasteiger partial charge in [-0.1, -0.05) is 32.0 Å². The highest BCUT2D eigenvalue weighted by Crippen LogP contribution is 2.20. The fourth-order valence-electron chi connectivity index (χ4n) is 1.60. The molecular formula is C14H22FN3. The summed E-state index contributed by atoms with van der Waals surface area (Å²) in [7, 11) is 1.95. The van der Waals surface area contributed by atoms with Crippen LogP contribution in [0.2, 0.25) is 0 Å². The van der Waals surface area contributed by atoms with Gasteiger partial charge < -0.3 is 10.6 Å². The van der Waals surface area contributed by atoms with Gasteiger partial charge in [0.25, 0.3) is 0 Å². The SMILES string of the molecule is CN(CCC(C)(C)C(=N)N)Cc1ccccc1F. The van der Waals surface area contributed by atoms with Crippen LogP contribution in [-0.4, -0.2) is 24.3 Å². The van der Waals surface area contributed by atoms with E-state index < -0.39 is 0 Å². The molecule has 0 aromatic heterocycles. The Bertz CT molecular complexity index is 415. The van der Waals surface area contributed by atoms with E-state index >= 15 is 0 Å². The van der Waals surface area contributed by atoms with E-state index in [0.29, 0.717) is 12.1 Å². The van der Waals surface area contributed by atoms with Crippen molar-refractivity contribution in [2.75, 3.05) is 13.6 Å². The quantitative estimate of drug-likeness (QED) is 0.603. The minimum absolute atomic E-state index is 0.171. The number of nitrogens with two attached hydrogens (primary N) is 1. The van der Waals surface area contributed by atoms with Gasteiger partial charge in [0.2, 0.25) is 0 Å². The summed E-state index contributed by atoms with van der Waals surface area (Å²) < 4.78 is 13.5. The van der Waals surface area contributed by atoms with Crippen molar-refractivity contribution in [1.82, 2.24) is 4.90 Å². The Kier molecular flexibility index (Phi) is 4.84. The average molecular weight is 251 g/mol. The number of halogens is 1. The van der Waals surface area contributed by atoms with Gasteiger partial charge in [-0.3, -0.25) is 5.41 Å². The van der Waals surface area contributed by atoms with Gasteiger partial charge >= 0.3 is 0 Å². The maximum Gasteiger partial charge on any atom is 0.127 e. The molecule has 0 atom stereocenters. The van der Waals surface area contributed by atoms with Crippen molar-refractivity contribution in [3.63, 3.8) is 0 Å². The van der Waals surface area contributed by atoms with Crippen LogP contribution in [0.4, 0.5) is 4.39 Å². The largest absolute Gasteiger partial charge is 0.387 e. The van der Waals surface area contributed by atoms with Crippen molar-refractivity contribution in [3.05, 3.63) is 35.6 Å². The minimum Gasteiger partial charge on any atom is -0.387 e. The Labute approximate surface area is 108 Å². The van der Waals surface area contributed by atoms with Crippen molar-refractivity contribution in [1.29, 1.82) is 5.41 Å². The average Bonchev–Trinajstić information content (AvgIpc) is 2.29. The lowest BCUT2D eigenvalue weighted by molar-refractivity contribution is 0.281. The summed E-state index contributed by atoms with van der Waals surface area (Å²) in [4.78, 5) is 2.04. The first-order chi connectivity index (χ1) is 8.33. The minimum atomic E-state index is -0.302. The number of nitrogens with zero attached hydrogens (tertiary/aromatic N) is 1. The number of rotatable bonds is 6. The fraction of sp³-hybridized carbons (Fsp3) is 0.500. The first kappa shape index (κ1) is 14.6. The lowest BCUT2D eigenvalue weighted by Crippen LogP contribution is -2.34. The third-order valence-corrected chi connectivity index (χ3v) is 3.25. The third-order valence-electron chi connectivity index (χ3n) is 3.25. The molecule has 1 aromatic rings. The van der Waals surface area contributed by atoms with E-state index in [1.807, 2.05) is 31.9 Å². The molecule has 0 unspecified atom stereocenters. The zero-order valence-corrected chi connectivity index (χ0v) is 11.3. The zero-order valence-electron chi connectivity index (χ0n) is 11.3. The molecule has 0 bridgehead atoms. The van der Waals surface area contributed by atoms with E-state index in [4.69, 9.17) is 11.1 Å². The van der Waals surface area contributed by atoms with Gasteiger partial charge in [0.15, 0.2) is 0 Å². The van der Waals surface area contributed by atoms with Gasteiger partial charge in [-0.25, -0.2) is 4.39 Å². The van der Waals surface area contributed by atoms with E-state index in [9.17, 15) is 4.39 Å². The van der Waals surface area contributed by atoms with Gasteiger partial charge in [0, 0.05) is 17.5 Å². The summed E-state index contributed by atoms with van der Waals surface area (Å²) >= 11 is 0. The Morgan fingerprint density at radius 3 is 2.56 bits per heavy atom. The van der Waals surface area contributed by atoms with Crippen LogP contribution in [0.25, 0.3) is 0 Å². The van der Waals surface area contributed by atoms with Gasteiger partial charge in [-0.2, -0.15) is 0 Å². The highest BCUT2D eigenvalue weighted by molar-refractivity contribution is 5.82. The molecule has 3 nitrogen and oxygen atoms in total. The second-order valence-electron chi connectivity index (χ2n) is 5.38. The van der Waals surface area contributed by atoms with Crippen molar-refractivity contribution in [2.45, 2.75) is 26.8 Å². The van der Waals surface area contributed by atoms with Gasteiger partial charge in [0.05, 0.1) is 5.84 Å². The monoisotopic (exact) mass is 251 g/mol. The van der Waals surface area contributed by atoms with Crippen molar-refractivity contribution < 1.29 is 4.39 Å². The second-order valence-corrected chi connectivity index (χ2v) is 5.38. The molecule has 0 saturated carbocycles. The van der Waals surface area contributed by atoms with Crippen LogP contribution in [0.3, 0.4) is 0 Å². The molecule has 0 heterocycles. The highest BCUT2D eigenvalue weighted by Gasteiger charge is 2.21. The molecule has 0 aliphatic carbocycles. The summed E-state index contributed by atoms with van der Waals surface area (Å²) in [5.74, 6) is 0.0250. The van der Waals surface area contributed by atoms with Crippen molar-refractivity contribution >= 4 is 5.84 Å². The van der Waals surface area contributed by atoms with Crippen molar-refractivity contribution in [3.8, 4) is 0 Å². The molecule has 0 amide bonds. The molecule has 0 saturated heterocycles. The molecule has 0 aliphatic rings. The smallest absolute Gasteiger partial charge is 0.127 e. The number of hydrogen-bond acceptors (Lipinski definition) is 2. The van der Waals surface area contributed by atoms with E-state index in [1.165, 1.54) is 6.07 Å². The van der Waals surface area contributed by atoms with E-state index in [2.05, 4.69) is 0 Å². The molecule has 1 rings (SSSR count). The maximum atomic E-state index is 13.5. The fourth-order valence-corrected chi connectivity index (χ4v) is 1.60. The second kappa shape index (κ2) is 5.96. The summed E-state index contributed by atoms with van der Waals surface area (Å²) in [5, 5.41) is 7.50. The molecule has 3 N–H and O–H groups in total. The Morgan fingerprint density at radius 2 is 2.00 bits per heavy atom. The Balaban J connectivity index is 2.50. The van der Waals surface area contributed by atoms with Crippen LogP contribution >= 0.6 is 0 Å². The first-order valence-corrected chi connectivity index (χ1v) is 6.09. The van der Waals surface area contributed by atoms with Crippen LogP contribution in [0, 0.1) is 16.6 Å². The lowest BCUT2D eigenvalue weighted by atomic mass is 9.88. The molecular weight excluding hydrogens is 229 g/mol. The molecule has 1 aromatic carbocycles. The number of nitrogens with one attached hydrogen (secondary N) is 1. The van der Waals surface area contributed by atoms with Gasteiger partial charge in [-0.15, -0.1) is 0 Å². The molecule has 0 aliphatic heterocycles. The highest BCUT2D eigenvalue weighted by atomic mass is 19.1. The molecule has 0 fully saturated rings. The summed E-state index contributed by atoms with van der Waals surface area (Å²) in [6, 6.07) is 6.80. The summed E-state index contributed by atoms with van der Waals surface area (Å²) in [6.45, 7) is 5.25. The lowest BCUT2D eigenvalue weighted by Gasteiger charge is -2.26. The number of amidine groups is 1. The maximum absolute atomic E-state index is 13.5. The van der Waals surface area contributed by atoms with E-state index in [-0.39, 0.29) is 17.1 Å². The number of benzene rings is 1. The molecule has 18 heavy (non-hydrogen) atoms.